The first-order chi connectivity index (χ1) is 10.6. The van der Waals surface area contributed by atoms with Crippen LogP contribution in [0.25, 0.3) is 0 Å². The molecule has 5 unspecified atom stereocenters. The van der Waals surface area contributed by atoms with E-state index in [1.54, 1.807) is 7.11 Å². The summed E-state index contributed by atoms with van der Waals surface area (Å²) in [6, 6.07) is 10.9. The van der Waals surface area contributed by atoms with Crippen molar-refractivity contribution >= 4 is 5.97 Å². The third kappa shape index (κ3) is 1.13. The number of methoxy groups -OCH3 is 1. The zero-order valence-corrected chi connectivity index (χ0v) is 13.1. The summed E-state index contributed by atoms with van der Waals surface area (Å²) < 4.78 is 5.25. The molecule has 4 aliphatic carbocycles. The lowest BCUT2D eigenvalue weighted by Gasteiger charge is -2.59. The number of esters is 1. The molecule has 4 aliphatic rings. The Hall–Kier alpha value is -1.57. The monoisotopic (exact) mass is 294 g/mol. The second kappa shape index (κ2) is 3.67. The molecule has 0 heterocycles. The number of ether oxygens (including phenoxy) is 1. The Balaban J connectivity index is 1.71. The van der Waals surface area contributed by atoms with E-state index in [1.807, 2.05) is 0 Å². The second-order valence-corrected chi connectivity index (χ2v) is 8.17. The van der Waals surface area contributed by atoms with Crippen molar-refractivity contribution in [3.63, 3.8) is 0 Å². The van der Waals surface area contributed by atoms with E-state index >= 15 is 0 Å². The fourth-order valence-electron chi connectivity index (χ4n) is 7.01. The van der Waals surface area contributed by atoms with Crippen LogP contribution < -0.4 is 0 Å². The number of hydrogen-bond donors (Lipinski definition) is 0. The molecule has 0 aromatic heterocycles. The number of benzene rings is 1. The topological polar surface area (TPSA) is 26.3 Å². The third-order valence-corrected chi connectivity index (χ3v) is 7.63. The second-order valence-electron chi connectivity index (χ2n) is 8.17. The van der Waals surface area contributed by atoms with Gasteiger partial charge in [0, 0.05) is 5.41 Å². The van der Waals surface area contributed by atoms with Gasteiger partial charge in [0.1, 0.15) is 0 Å². The fourth-order valence-corrected chi connectivity index (χ4v) is 7.01. The SMILES string of the molecule is C=C1C2CC3(C(=O)OC)CC4(c5ccccc5)CC1C4(C2)C3. The maximum absolute atomic E-state index is 12.7. The van der Waals surface area contributed by atoms with Gasteiger partial charge in [0.15, 0.2) is 0 Å². The van der Waals surface area contributed by atoms with Crippen molar-refractivity contribution < 1.29 is 9.53 Å². The molecule has 1 aromatic carbocycles. The predicted octanol–water partition coefficient (Wildman–Crippen LogP) is 3.86. The largest absolute Gasteiger partial charge is 0.469 e. The Morgan fingerprint density at radius 3 is 2.68 bits per heavy atom. The van der Waals surface area contributed by atoms with Crippen molar-refractivity contribution in [2.24, 2.45) is 22.7 Å². The first-order valence-corrected chi connectivity index (χ1v) is 8.40. The molecule has 4 fully saturated rings. The maximum Gasteiger partial charge on any atom is 0.311 e. The molecule has 0 aliphatic heterocycles. The zero-order valence-electron chi connectivity index (χ0n) is 13.1. The van der Waals surface area contributed by atoms with Crippen LogP contribution in [-0.2, 0) is 14.9 Å². The lowest BCUT2D eigenvalue weighted by Crippen LogP contribution is -2.55. The van der Waals surface area contributed by atoms with Crippen LogP contribution in [0.5, 0.6) is 0 Å². The summed E-state index contributed by atoms with van der Waals surface area (Å²) in [4.78, 5) is 12.7. The average molecular weight is 294 g/mol. The molecule has 0 radical (unpaired) electrons. The van der Waals surface area contributed by atoms with Crippen LogP contribution in [0.1, 0.15) is 37.7 Å². The highest BCUT2D eigenvalue weighted by Gasteiger charge is 2.80. The molecule has 114 valence electrons. The van der Waals surface area contributed by atoms with Crippen LogP contribution in [-0.4, -0.2) is 13.1 Å². The first kappa shape index (κ1) is 12.9. The molecule has 2 heteroatoms. The summed E-state index contributed by atoms with van der Waals surface area (Å²) in [5.41, 5.74) is 3.07. The van der Waals surface area contributed by atoms with Crippen molar-refractivity contribution in [1.82, 2.24) is 0 Å². The van der Waals surface area contributed by atoms with E-state index in [1.165, 1.54) is 24.0 Å². The number of rotatable bonds is 2. The van der Waals surface area contributed by atoms with Crippen LogP contribution in [0.4, 0.5) is 0 Å². The molecule has 0 N–H and O–H groups in total. The van der Waals surface area contributed by atoms with Gasteiger partial charge in [-0.25, -0.2) is 0 Å². The highest BCUT2D eigenvalue weighted by Crippen LogP contribution is 2.85. The average Bonchev–Trinajstić information content (AvgIpc) is 2.81. The Morgan fingerprint density at radius 2 is 1.95 bits per heavy atom. The van der Waals surface area contributed by atoms with Gasteiger partial charge in [-0.2, -0.15) is 0 Å². The molecule has 4 saturated carbocycles. The van der Waals surface area contributed by atoms with Gasteiger partial charge in [-0.3, -0.25) is 4.79 Å². The van der Waals surface area contributed by atoms with E-state index in [0.29, 0.717) is 11.8 Å². The number of allylic oxidation sites excluding steroid dienone is 1. The highest BCUT2D eigenvalue weighted by molar-refractivity contribution is 5.79. The van der Waals surface area contributed by atoms with Gasteiger partial charge in [-0.15, -0.1) is 0 Å². The van der Waals surface area contributed by atoms with Gasteiger partial charge in [0.25, 0.3) is 0 Å². The van der Waals surface area contributed by atoms with E-state index in [2.05, 4.69) is 36.9 Å². The Labute approximate surface area is 131 Å². The van der Waals surface area contributed by atoms with Crippen LogP contribution in [0.15, 0.2) is 42.5 Å². The van der Waals surface area contributed by atoms with Gasteiger partial charge in [-0.05, 0) is 54.9 Å². The van der Waals surface area contributed by atoms with Crippen molar-refractivity contribution in [2.45, 2.75) is 37.5 Å². The smallest absolute Gasteiger partial charge is 0.311 e. The van der Waals surface area contributed by atoms with Gasteiger partial charge in [0.05, 0.1) is 12.5 Å². The highest BCUT2D eigenvalue weighted by atomic mass is 16.5. The van der Waals surface area contributed by atoms with Crippen LogP contribution in [0.3, 0.4) is 0 Å². The summed E-state index contributed by atoms with van der Waals surface area (Å²) in [7, 11) is 1.55. The standard InChI is InChI=1S/C20H22O2/c1-13-14-8-18(17(21)22-2)11-19(15-6-4-3-5-7-15)10-16(13)20(19,9-14)12-18/h3-7,14,16H,1,8-12H2,2H3. The Morgan fingerprint density at radius 1 is 1.18 bits per heavy atom. The van der Waals surface area contributed by atoms with Crippen molar-refractivity contribution in [3.05, 3.63) is 48.0 Å². The van der Waals surface area contributed by atoms with E-state index in [-0.39, 0.29) is 22.2 Å². The Bertz CT molecular complexity index is 693. The maximum atomic E-state index is 12.7. The minimum atomic E-state index is -0.262. The predicted molar refractivity (Wildman–Crippen MR) is 84.2 cm³/mol. The van der Waals surface area contributed by atoms with E-state index in [0.717, 1.165) is 19.3 Å². The van der Waals surface area contributed by atoms with E-state index in [4.69, 9.17) is 4.74 Å². The quantitative estimate of drug-likeness (QED) is 0.611. The number of carbonyl (C=O) groups excluding carboxylic acids is 1. The molecule has 22 heavy (non-hydrogen) atoms. The minimum Gasteiger partial charge on any atom is -0.469 e. The van der Waals surface area contributed by atoms with E-state index in [9.17, 15) is 4.79 Å². The molecule has 5 atom stereocenters. The van der Waals surface area contributed by atoms with E-state index < -0.39 is 0 Å². The Kier molecular flexibility index (Phi) is 2.15. The molecule has 5 rings (SSSR count). The van der Waals surface area contributed by atoms with Crippen LogP contribution in [0, 0.1) is 22.7 Å². The van der Waals surface area contributed by atoms with Gasteiger partial charge < -0.3 is 4.74 Å². The van der Waals surface area contributed by atoms with Crippen molar-refractivity contribution in [3.8, 4) is 0 Å². The lowest BCUT2D eigenvalue weighted by molar-refractivity contribution is -0.155. The zero-order chi connectivity index (χ0) is 15.2. The molecule has 0 amide bonds. The molecule has 2 nitrogen and oxygen atoms in total. The minimum absolute atomic E-state index is 0.0229. The summed E-state index contributed by atoms with van der Waals surface area (Å²) >= 11 is 0. The molecule has 0 saturated heterocycles. The molecule has 1 spiro atoms. The summed E-state index contributed by atoms with van der Waals surface area (Å²) in [6.07, 6.45) is 5.39. The molecular formula is C20H22O2. The van der Waals surface area contributed by atoms with Crippen LogP contribution in [0.2, 0.25) is 0 Å². The lowest BCUT2D eigenvalue weighted by atomic mass is 9.44. The van der Waals surface area contributed by atoms with Gasteiger partial charge >= 0.3 is 5.97 Å². The summed E-state index contributed by atoms with van der Waals surface area (Å²) in [6.45, 7) is 4.42. The number of fused-ring (bicyclic) bond motifs is 2. The fraction of sp³-hybridized carbons (Fsp3) is 0.550. The van der Waals surface area contributed by atoms with Crippen molar-refractivity contribution in [2.75, 3.05) is 7.11 Å². The van der Waals surface area contributed by atoms with Crippen molar-refractivity contribution in [1.29, 1.82) is 0 Å². The molecule has 3 bridgehead atoms. The normalized spacial score (nSPS) is 47.2. The number of carbonyl (C=O) groups is 1. The summed E-state index contributed by atoms with van der Waals surface area (Å²) in [5, 5.41) is 0. The van der Waals surface area contributed by atoms with Crippen LogP contribution >= 0.6 is 0 Å². The number of hydrogen-bond acceptors (Lipinski definition) is 2. The molecule has 1 aromatic rings. The van der Waals surface area contributed by atoms with Gasteiger partial charge in [-0.1, -0.05) is 42.5 Å². The molecular weight excluding hydrogens is 272 g/mol. The first-order valence-electron chi connectivity index (χ1n) is 8.40. The summed E-state index contributed by atoms with van der Waals surface area (Å²) in [5.74, 6) is 1.19. The third-order valence-electron chi connectivity index (χ3n) is 7.63. The van der Waals surface area contributed by atoms with Gasteiger partial charge in [0.2, 0.25) is 0 Å².